The molecule has 2 N–H and O–H groups in total. The Morgan fingerprint density at radius 3 is 2.05 bits per heavy atom. The Morgan fingerprint density at radius 1 is 0.762 bits per heavy atom. The number of aliphatic carboxylic acids is 1. The first-order valence-electron chi connectivity index (χ1n) is 16.9. The fourth-order valence-electron chi connectivity index (χ4n) is 5.04. The van der Waals surface area contributed by atoms with Crippen molar-refractivity contribution in [1.29, 1.82) is 0 Å². The molecule has 0 aliphatic heterocycles. The van der Waals surface area contributed by atoms with Crippen LogP contribution in [0.4, 0.5) is 0 Å². The van der Waals surface area contributed by atoms with E-state index in [2.05, 4.69) is 19.9 Å². The van der Waals surface area contributed by atoms with Crippen molar-refractivity contribution in [2.24, 2.45) is 0 Å². The lowest BCUT2D eigenvalue weighted by Gasteiger charge is -2.34. The topological polar surface area (TPSA) is 110 Å². The summed E-state index contributed by atoms with van der Waals surface area (Å²) in [7, 11) is 2.03. The largest absolute Gasteiger partial charge is 0.481 e. The number of ether oxygens (including phenoxy) is 2. The second kappa shape index (κ2) is 26.7. The van der Waals surface area contributed by atoms with Gasteiger partial charge in [0.1, 0.15) is 19.3 Å². The smallest absolute Gasteiger partial charge is 0.362 e. The van der Waals surface area contributed by atoms with Crippen molar-refractivity contribution < 1.29 is 38.6 Å². The highest BCUT2D eigenvalue weighted by Crippen LogP contribution is 2.17. The maximum atomic E-state index is 13.2. The van der Waals surface area contributed by atoms with Gasteiger partial charge in [-0.3, -0.25) is 9.59 Å². The summed E-state index contributed by atoms with van der Waals surface area (Å²) in [6, 6.07) is 0. The zero-order chi connectivity index (χ0) is 31.5. The SMILES string of the molecule is CCCCCCCC[N+](C)(CCOC(=O)CC)CC(=O)OC(CCCCC)C(O)C/C=C\CCCCCCCC(=O)O. The molecular formula is C34H64NO7+. The third-order valence-corrected chi connectivity index (χ3v) is 7.86. The molecule has 8 heteroatoms. The van der Waals surface area contributed by atoms with Gasteiger partial charge in [-0.25, -0.2) is 4.79 Å². The maximum Gasteiger partial charge on any atom is 0.362 e. The molecule has 42 heavy (non-hydrogen) atoms. The lowest BCUT2D eigenvalue weighted by molar-refractivity contribution is -0.903. The van der Waals surface area contributed by atoms with Crippen LogP contribution in [-0.2, 0) is 23.9 Å². The van der Waals surface area contributed by atoms with Crippen LogP contribution < -0.4 is 0 Å². The fraction of sp³-hybridized carbons (Fsp3) is 0.853. The normalized spacial score (nSPS) is 14.4. The van der Waals surface area contributed by atoms with Crippen LogP contribution in [0.1, 0.15) is 143 Å². The lowest BCUT2D eigenvalue weighted by atomic mass is 10.0. The summed E-state index contributed by atoms with van der Waals surface area (Å²) in [4.78, 5) is 35.4. The van der Waals surface area contributed by atoms with Crippen LogP contribution in [0.25, 0.3) is 0 Å². The number of quaternary nitrogens is 1. The molecule has 0 aromatic rings. The van der Waals surface area contributed by atoms with Gasteiger partial charge in [0.2, 0.25) is 0 Å². The number of hydrogen-bond donors (Lipinski definition) is 2. The van der Waals surface area contributed by atoms with E-state index in [1.807, 2.05) is 13.1 Å². The second-order valence-corrected chi connectivity index (χ2v) is 12.1. The number of carbonyl (C=O) groups is 3. The summed E-state index contributed by atoms with van der Waals surface area (Å²) >= 11 is 0. The van der Waals surface area contributed by atoms with E-state index in [9.17, 15) is 19.5 Å². The average Bonchev–Trinajstić information content (AvgIpc) is 2.95. The van der Waals surface area contributed by atoms with E-state index in [0.717, 1.165) is 77.2 Å². The second-order valence-electron chi connectivity index (χ2n) is 12.1. The number of allylic oxidation sites excluding steroid dienone is 1. The first kappa shape index (κ1) is 40.1. The highest BCUT2D eigenvalue weighted by atomic mass is 16.6. The van der Waals surface area contributed by atoms with Crippen LogP contribution >= 0.6 is 0 Å². The number of aliphatic hydroxyl groups is 1. The van der Waals surface area contributed by atoms with Gasteiger partial charge < -0.3 is 24.2 Å². The van der Waals surface area contributed by atoms with Crippen LogP contribution in [0.2, 0.25) is 0 Å². The molecule has 0 aliphatic rings. The monoisotopic (exact) mass is 598 g/mol. The molecule has 0 saturated heterocycles. The number of carboxylic acids is 1. The van der Waals surface area contributed by atoms with Gasteiger partial charge in [-0.05, 0) is 51.4 Å². The zero-order valence-corrected chi connectivity index (χ0v) is 27.5. The van der Waals surface area contributed by atoms with Crippen LogP contribution in [0, 0.1) is 0 Å². The summed E-state index contributed by atoms with van der Waals surface area (Å²) in [5, 5.41) is 19.6. The van der Waals surface area contributed by atoms with Crippen LogP contribution in [0.15, 0.2) is 12.2 Å². The predicted molar refractivity (Wildman–Crippen MR) is 169 cm³/mol. The third-order valence-electron chi connectivity index (χ3n) is 7.86. The molecule has 0 radical (unpaired) electrons. The Morgan fingerprint density at radius 2 is 1.38 bits per heavy atom. The number of rotatable bonds is 29. The molecule has 3 atom stereocenters. The minimum Gasteiger partial charge on any atom is -0.481 e. The standard InChI is InChI=1S/C34H63NO7/c1-5-8-10-11-18-22-26-35(4,27-28-41-33(39)7-3)29-34(40)42-31(24-19-9-6-2)30(36)23-20-16-14-12-13-15-17-21-25-32(37)38/h16,20,30-31,36H,5-15,17-19,21-29H2,1-4H3/p+1/b20-16-. The molecule has 0 aromatic heterocycles. The Bertz CT molecular complexity index is 727. The molecule has 0 spiro atoms. The van der Waals surface area contributed by atoms with Gasteiger partial charge in [0, 0.05) is 12.8 Å². The van der Waals surface area contributed by atoms with Gasteiger partial charge in [0.25, 0.3) is 0 Å². The van der Waals surface area contributed by atoms with Crippen LogP contribution in [0.3, 0.4) is 0 Å². The van der Waals surface area contributed by atoms with E-state index in [1.165, 1.54) is 25.7 Å². The molecular weight excluding hydrogens is 534 g/mol. The molecule has 0 amide bonds. The number of carboxylic acid groups (broad SMARTS) is 1. The minimum atomic E-state index is -0.749. The number of hydrogen-bond acceptors (Lipinski definition) is 6. The number of carbonyl (C=O) groups excluding carboxylic acids is 2. The molecule has 0 rings (SSSR count). The van der Waals surface area contributed by atoms with Gasteiger partial charge in [-0.1, -0.05) is 90.7 Å². The van der Waals surface area contributed by atoms with Crippen molar-refractivity contribution in [2.45, 2.75) is 155 Å². The Labute approximate surface area is 256 Å². The third kappa shape index (κ3) is 23.6. The van der Waals surface area contributed by atoms with Gasteiger partial charge in [0.05, 0.1) is 19.7 Å². The van der Waals surface area contributed by atoms with Crippen molar-refractivity contribution in [3.8, 4) is 0 Å². The highest BCUT2D eigenvalue weighted by Gasteiger charge is 2.30. The average molecular weight is 599 g/mol. The summed E-state index contributed by atoms with van der Waals surface area (Å²) in [6.07, 6.45) is 20.2. The Hall–Kier alpha value is -1.93. The highest BCUT2D eigenvalue weighted by molar-refractivity contribution is 5.71. The Balaban J connectivity index is 4.90. The molecule has 0 aromatic carbocycles. The molecule has 0 fully saturated rings. The van der Waals surface area contributed by atoms with Crippen molar-refractivity contribution in [1.82, 2.24) is 0 Å². The van der Waals surface area contributed by atoms with E-state index < -0.39 is 18.2 Å². The number of aliphatic hydroxyl groups excluding tert-OH is 1. The summed E-state index contributed by atoms with van der Waals surface area (Å²) < 4.78 is 11.7. The number of unbranched alkanes of at least 4 members (excludes halogenated alkanes) is 12. The van der Waals surface area contributed by atoms with Crippen molar-refractivity contribution in [3.05, 3.63) is 12.2 Å². The summed E-state index contributed by atoms with van der Waals surface area (Å²) in [5.74, 6) is -1.27. The van der Waals surface area contributed by atoms with Crippen molar-refractivity contribution in [2.75, 3.05) is 33.3 Å². The Kier molecular flexibility index (Phi) is 25.5. The van der Waals surface area contributed by atoms with E-state index in [0.29, 0.717) is 30.3 Å². The number of nitrogens with zero attached hydrogens (tertiary/aromatic N) is 1. The first-order valence-corrected chi connectivity index (χ1v) is 16.9. The predicted octanol–water partition coefficient (Wildman–Crippen LogP) is 7.36. The van der Waals surface area contributed by atoms with Crippen LogP contribution in [-0.4, -0.2) is 78.1 Å². The molecule has 0 saturated carbocycles. The molecule has 0 aliphatic carbocycles. The zero-order valence-electron chi connectivity index (χ0n) is 27.5. The van der Waals surface area contributed by atoms with Gasteiger partial charge >= 0.3 is 17.9 Å². The maximum absolute atomic E-state index is 13.2. The minimum absolute atomic E-state index is 0.192. The first-order chi connectivity index (χ1) is 20.2. The molecule has 3 unspecified atom stereocenters. The van der Waals surface area contributed by atoms with E-state index in [-0.39, 0.29) is 31.5 Å². The molecule has 0 bridgehead atoms. The van der Waals surface area contributed by atoms with Crippen LogP contribution in [0.5, 0.6) is 0 Å². The quantitative estimate of drug-likeness (QED) is 0.0400. The van der Waals surface area contributed by atoms with Crippen molar-refractivity contribution in [3.63, 3.8) is 0 Å². The molecule has 8 nitrogen and oxygen atoms in total. The summed E-state index contributed by atoms with van der Waals surface area (Å²) in [6.45, 7) is 7.95. The number of esters is 2. The summed E-state index contributed by atoms with van der Waals surface area (Å²) in [5.41, 5.74) is 0. The van der Waals surface area contributed by atoms with Crippen molar-refractivity contribution >= 4 is 17.9 Å². The lowest BCUT2D eigenvalue weighted by Crippen LogP contribution is -2.51. The number of likely N-dealkylation sites (N-methyl/N-ethyl adjacent to an activating group) is 1. The molecule has 246 valence electrons. The van der Waals surface area contributed by atoms with E-state index in [4.69, 9.17) is 14.6 Å². The molecule has 0 heterocycles. The van der Waals surface area contributed by atoms with E-state index in [1.54, 1.807) is 6.92 Å². The van der Waals surface area contributed by atoms with Gasteiger partial charge in [-0.2, -0.15) is 0 Å². The van der Waals surface area contributed by atoms with Gasteiger partial charge in [-0.15, -0.1) is 0 Å². The van der Waals surface area contributed by atoms with E-state index >= 15 is 0 Å². The fourth-order valence-corrected chi connectivity index (χ4v) is 5.04. The van der Waals surface area contributed by atoms with Gasteiger partial charge in [0.15, 0.2) is 6.54 Å².